The van der Waals surface area contributed by atoms with Crippen molar-refractivity contribution in [3.8, 4) is 0 Å². The first-order valence-corrected chi connectivity index (χ1v) is 8.38. The molecule has 112 valence electrons. The van der Waals surface area contributed by atoms with Crippen LogP contribution in [0.5, 0.6) is 0 Å². The minimum atomic E-state index is 0.501. The lowest BCUT2D eigenvalue weighted by Gasteiger charge is -2.45. The van der Waals surface area contributed by atoms with Crippen LogP contribution in [0.1, 0.15) is 59.8 Å². The van der Waals surface area contributed by atoms with Crippen LogP contribution < -0.4 is 5.32 Å². The highest BCUT2D eigenvalue weighted by atomic mass is 15.1. The van der Waals surface area contributed by atoms with Gasteiger partial charge in [0.15, 0.2) is 0 Å². The Bertz CT molecular complexity index is 265. The first-order chi connectivity index (χ1) is 8.95. The average Bonchev–Trinajstić information content (AvgIpc) is 2.39. The summed E-state index contributed by atoms with van der Waals surface area (Å²) in [4.78, 5) is 2.75. The van der Waals surface area contributed by atoms with Gasteiger partial charge in [0.25, 0.3) is 0 Å². The molecule has 2 nitrogen and oxygen atoms in total. The van der Waals surface area contributed by atoms with E-state index >= 15 is 0 Å². The fraction of sp³-hybridized carbons (Fsp3) is 1.00. The number of hydrogen-bond acceptors (Lipinski definition) is 2. The van der Waals surface area contributed by atoms with Crippen LogP contribution in [0, 0.1) is 16.7 Å². The molecular formula is C17H34N2. The molecule has 2 aliphatic rings. The number of hydrogen-bond donors (Lipinski definition) is 1. The van der Waals surface area contributed by atoms with Gasteiger partial charge in [0.1, 0.15) is 0 Å². The summed E-state index contributed by atoms with van der Waals surface area (Å²) in [6, 6.07) is 0. The highest BCUT2D eigenvalue weighted by Crippen LogP contribution is 2.36. The Kier molecular flexibility index (Phi) is 4.94. The van der Waals surface area contributed by atoms with Gasteiger partial charge in [0.05, 0.1) is 0 Å². The van der Waals surface area contributed by atoms with Gasteiger partial charge in [-0.3, -0.25) is 0 Å². The Balaban J connectivity index is 1.84. The van der Waals surface area contributed by atoms with E-state index in [1.807, 2.05) is 0 Å². The van der Waals surface area contributed by atoms with Crippen molar-refractivity contribution in [2.45, 2.75) is 59.8 Å². The van der Waals surface area contributed by atoms with E-state index < -0.39 is 0 Å². The van der Waals surface area contributed by atoms with Crippen LogP contribution in [0.25, 0.3) is 0 Å². The fourth-order valence-electron chi connectivity index (χ4n) is 4.01. The summed E-state index contributed by atoms with van der Waals surface area (Å²) in [5.74, 6) is 0.922. The van der Waals surface area contributed by atoms with Gasteiger partial charge in [0.2, 0.25) is 0 Å². The molecule has 2 saturated heterocycles. The van der Waals surface area contributed by atoms with E-state index in [4.69, 9.17) is 0 Å². The summed E-state index contributed by atoms with van der Waals surface area (Å²) in [5.41, 5.74) is 1.06. The number of nitrogens with zero attached hydrogens (tertiary/aromatic N) is 1. The van der Waals surface area contributed by atoms with E-state index in [1.54, 1.807) is 0 Å². The van der Waals surface area contributed by atoms with Crippen molar-refractivity contribution in [1.29, 1.82) is 0 Å². The largest absolute Gasteiger partial charge is 0.316 e. The van der Waals surface area contributed by atoms with Crippen molar-refractivity contribution >= 4 is 0 Å². The van der Waals surface area contributed by atoms with Gasteiger partial charge in [-0.2, -0.15) is 0 Å². The normalized spacial score (nSPS) is 31.6. The Labute approximate surface area is 120 Å². The number of piperidine rings is 2. The van der Waals surface area contributed by atoms with E-state index in [-0.39, 0.29) is 0 Å². The van der Waals surface area contributed by atoms with Crippen LogP contribution in [-0.2, 0) is 0 Å². The van der Waals surface area contributed by atoms with Gasteiger partial charge in [-0.15, -0.1) is 0 Å². The Morgan fingerprint density at radius 3 is 2.37 bits per heavy atom. The van der Waals surface area contributed by atoms with E-state index in [9.17, 15) is 0 Å². The Hall–Kier alpha value is -0.0800. The van der Waals surface area contributed by atoms with Crippen LogP contribution >= 0.6 is 0 Å². The second kappa shape index (κ2) is 6.13. The van der Waals surface area contributed by atoms with Crippen molar-refractivity contribution < 1.29 is 0 Å². The second-order valence-electron chi connectivity index (χ2n) is 8.05. The lowest BCUT2D eigenvalue weighted by Crippen LogP contribution is -2.49. The third kappa shape index (κ3) is 3.95. The Morgan fingerprint density at radius 1 is 1.21 bits per heavy atom. The molecule has 2 heterocycles. The molecule has 1 unspecified atom stereocenters. The van der Waals surface area contributed by atoms with Gasteiger partial charge < -0.3 is 10.2 Å². The lowest BCUT2D eigenvalue weighted by atomic mass is 9.74. The van der Waals surface area contributed by atoms with E-state index in [1.165, 1.54) is 64.8 Å². The number of likely N-dealkylation sites (tertiary alicyclic amines) is 1. The molecule has 1 atom stereocenters. The summed E-state index contributed by atoms with van der Waals surface area (Å²) < 4.78 is 0. The van der Waals surface area contributed by atoms with Gasteiger partial charge in [0, 0.05) is 13.1 Å². The molecule has 0 spiro atoms. The maximum Gasteiger partial charge on any atom is 0.00500 e. The topological polar surface area (TPSA) is 15.3 Å². The zero-order valence-corrected chi connectivity index (χ0v) is 13.6. The molecule has 2 heteroatoms. The van der Waals surface area contributed by atoms with Gasteiger partial charge in [-0.1, -0.05) is 27.7 Å². The van der Waals surface area contributed by atoms with Crippen molar-refractivity contribution in [2.24, 2.45) is 16.7 Å². The van der Waals surface area contributed by atoms with Gasteiger partial charge >= 0.3 is 0 Å². The van der Waals surface area contributed by atoms with Crippen LogP contribution in [-0.4, -0.2) is 37.6 Å². The summed E-state index contributed by atoms with van der Waals surface area (Å²) >= 11 is 0. The lowest BCUT2D eigenvalue weighted by molar-refractivity contribution is 0.0600. The summed E-state index contributed by atoms with van der Waals surface area (Å²) in [6.45, 7) is 16.1. The van der Waals surface area contributed by atoms with Crippen LogP contribution in [0.2, 0.25) is 0 Å². The minimum absolute atomic E-state index is 0.501. The molecule has 1 N–H and O–H groups in total. The van der Waals surface area contributed by atoms with Crippen molar-refractivity contribution in [3.05, 3.63) is 0 Å². The van der Waals surface area contributed by atoms with Crippen molar-refractivity contribution in [2.75, 3.05) is 32.7 Å². The molecule has 0 aliphatic carbocycles. The third-order valence-corrected chi connectivity index (χ3v) is 5.68. The molecule has 0 aromatic heterocycles. The fourth-order valence-corrected chi connectivity index (χ4v) is 4.01. The standard InChI is InChI=1S/C17H34N2/c1-5-17(9-6-10-18-13-17)14-19-11-7-15(8-12-19)16(2,3)4/h15,18H,5-14H2,1-4H3. The van der Waals surface area contributed by atoms with Crippen molar-refractivity contribution in [3.63, 3.8) is 0 Å². The predicted octanol–water partition coefficient (Wildman–Crippen LogP) is 3.52. The summed E-state index contributed by atoms with van der Waals surface area (Å²) in [5, 5.41) is 3.62. The van der Waals surface area contributed by atoms with Crippen LogP contribution in [0.15, 0.2) is 0 Å². The van der Waals surface area contributed by atoms with Crippen LogP contribution in [0.3, 0.4) is 0 Å². The monoisotopic (exact) mass is 266 g/mol. The van der Waals surface area contributed by atoms with Crippen LogP contribution in [0.4, 0.5) is 0 Å². The minimum Gasteiger partial charge on any atom is -0.316 e. The predicted molar refractivity (Wildman–Crippen MR) is 83.4 cm³/mol. The molecule has 0 bridgehead atoms. The van der Waals surface area contributed by atoms with Gasteiger partial charge in [-0.05, 0) is 68.5 Å². The Morgan fingerprint density at radius 2 is 1.89 bits per heavy atom. The molecule has 0 saturated carbocycles. The number of rotatable bonds is 3. The zero-order chi connectivity index (χ0) is 13.9. The first-order valence-electron chi connectivity index (χ1n) is 8.38. The SMILES string of the molecule is CCC1(CN2CCC(C(C)(C)C)CC2)CCCNC1. The number of nitrogens with one attached hydrogen (secondary N) is 1. The second-order valence-corrected chi connectivity index (χ2v) is 8.05. The average molecular weight is 266 g/mol. The first kappa shape index (κ1) is 15.3. The summed E-state index contributed by atoms with van der Waals surface area (Å²) in [6.07, 6.45) is 6.93. The molecule has 2 fully saturated rings. The maximum atomic E-state index is 3.62. The molecular weight excluding hydrogens is 232 g/mol. The zero-order valence-electron chi connectivity index (χ0n) is 13.6. The van der Waals surface area contributed by atoms with E-state index in [2.05, 4.69) is 37.9 Å². The van der Waals surface area contributed by atoms with E-state index in [0.29, 0.717) is 10.8 Å². The smallest absolute Gasteiger partial charge is 0.00500 e. The molecule has 0 aromatic rings. The maximum absolute atomic E-state index is 3.62. The van der Waals surface area contributed by atoms with Crippen molar-refractivity contribution in [1.82, 2.24) is 10.2 Å². The van der Waals surface area contributed by atoms with E-state index in [0.717, 1.165) is 5.92 Å². The quantitative estimate of drug-likeness (QED) is 0.841. The molecule has 0 aromatic carbocycles. The molecule has 0 amide bonds. The molecule has 19 heavy (non-hydrogen) atoms. The molecule has 2 aliphatic heterocycles. The summed E-state index contributed by atoms with van der Waals surface area (Å²) in [7, 11) is 0. The van der Waals surface area contributed by atoms with Gasteiger partial charge in [-0.25, -0.2) is 0 Å². The highest BCUT2D eigenvalue weighted by Gasteiger charge is 2.35. The molecule has 2 rings (SSSR count). The highest BCUT2D eigenvalue weighted by molar-refractivity contribution is 4.89. The third-order valence-electron chi connectivity index (χ3n) is 5.68. The molecule has 0 radical (unpaired) electrons.